The van der Waals surface area contributed by atoms with Crippen LogP contribution in [-0.2, 0) is 15.1 Å². The van der Waals surface area contributed by atoms with Crippen LogP contribution in [0.25, 0.3) is 0 Å². The van der Waals surface area contributed by atoms with Crippen molar-refractivity contribution in [2.24, 2.45) is 0 Å². The number of imide groups is 1. The van der Waals surface area contributed by atoms with E-state index in [1.165, 1.54) is 13.0 Å². The van der Waals surface area contributed by atoms with E-state index in [0.29, 0.717) is 19.1 Å². The molecule has 1 aromatic carbocycles. The van der Waals surface area contributed by atoms with Gasteiger partial charge in [-0.15, -0.1) is 0 Å². The monoisotopic (exact) mass is 324 g/mol. The molecule has 2 heterocycles. The van der Waals surface area contributed by atoms with Crippen LogP contribution in [0.3, 0.4) is 0 Å². The van der Waals surface area contributed by atoms with E-state index in [9.17, 15) is 18.4 Å². The Labute approximate surface area is 132 Å². The summed E-state index contributed by atoms with van der Waals surface area (Å²) in [4.78, 5) is 25.8. The number of benzene rings is 1. The molecule has 7 heteroatoms. The normalized spacial score (nSPS) is 27.6. The van der Waals surface area contributed by atoms with Crippen molar-refractivity contribution in [2.75, 3.05) is 13.2 Å². The molecule has 124 valence electrons. The molecule has 5 nitrogen and oxygen atoms in total. The van der Waals surface area contributed by atoms with Gasteiger partial charge in [0.25, 0.3) is 5.91 Å². The van der Waals surface area contributed by atoms with Crippen LogP contribution in [0.15, 0.2) is 18.2 Å². The lowest BCUT2D eigenvalue weighted by molar-refractivity contribution is -0.131. The molecule has 2 aliphatic rings. The summed E-state index contributed by atoms with van der Waals surface area (Å²) >= 11 is 0. The highest BCUT2D eigenvalue weighted by Gasteiger charge is 2.50. The number of hydrogen-bond acceptors (Lipinski definition) is 3. The Morgan fingerprint density at radius 1 is 1.39 bits per heavy atom. The maximum absolute atomic E-state index is 14.0. The standard InChI is InChI=1S/C16H18F2N2O3/c1-16(12-5-4-10(17)9-13(12)18)14(21)20(15(22)19-16)7-6-11-3-2-8-23-11/h4-5,9,11H,2-3,6-8H2,1H3,(H,19,22)/t11-,16-/m1/s1. The highest BCUT2D eigenvalue weighted by atomic mass is 19.1. The van der Waals surface area contributed by atoms with Gasteiger partial charge in [-0.3, -0.25) is 9.69 Å². The van der Waals surface area contributed by atoms with Gasteiger partial charge in [-0.2, -0.15) is 0 Å². The van der Waals surface area contributed by atoms with E-state index >= 15 is 0 Å². The largest absolute Gasteiger partial charge is 0.378 e. The third-order valence-corrected chi connectivity index (χ3v) is 4.44. The van der Waals surface area contributed by atoms with Crippen LogP contribution in [0.4, 0.5) is 13.6 Å². The number of halogens is 2. The number of nitrogens with one attached hydrogen (secondary N) is 1. The number of rotatable bonds is 4. The second-order valence-electron chi connectivity index (χ2n) is 6.06. The molecule has 1 N–H and O–H groups in total. The summed E-state index contributed by atoms with van der Waals surface area (Å²) in [5.41, 5.74) is -1.57. The molecule has 0 unspecified atom stereocenters. The van der Waals surface area contributed by atoms with E-state index in [-0.39, 0.29) is 18.2 Å². The molecule has 0 spiro atoms. The summed E-state index contributed by atoms with van der Waals surface area (Å²) in [6.45, 7) is 2.34. The Bertz CT molecular complexity index is 646. The van der Waals surface area contributed by atoms with E-state index in [1.54, 1.807) is 0 Å². The van der Waals surface area contributed by atoms with Crippen molar-refractivity contribution in [2.45, 2.75) is 37.8 Å². The zero-order valence-corrected chi connectivity index (χ0v) is 12.8. The van der Waals surface area contributed by atoms with Gasteiger partial charge in [-0.05, 0) is 32.3 Å². The maximum Gasteiger partial charge on any atom is 0.325 e. The van der Waals surface area contributed by atoms with Crippen LogP contribution >= 0.6 is 0 Å². The van der Waals surface area contributed by atoms with Gasteiger partial charge in [-0.1, -0.05) is 6.07 Å². The van der Waals surface area contributed by atoms with Gasteiger partial charge in [0, 0.05) is 24.8 Å². The summed E-state index contributed by atoms with van der Waals surface area (Å²) in [5, 5.41) is 2.52. The molecule has 2 aliphatic heterocycles. The number of carbonyl (C=O) groups excluding carboxylic acids is 2. The molecule has 0 radical (unpaired) electrons. The highest BCUT2D eigenvalue weighted by molar-refractivity contribution is 6.07. The lowest BCUT2D eigenvalue weighted by Crippen LogP contribution is -2.42. The van der Waals surface area contributed by atoms with Crippen molar-refractivity contribution in [3.63, 3.8) is 0 Å². The molecule has 1 aromatic rings. The Balaban J connectivity index is 1.78. The molecular formula is C16H18F2N2O3. The predicted molar refractivity (Wildman–Crippen MR) is 77.5 cm³/mol. The zero-order valence-electron chi connectivity index (χ0n) is 12.8. The fourth-order valence-electron chi connectivity index (χ4n) is 3.12. The molecule has 2 atom stereocenters. The van der Waals surface area contributed by atoms with Crippen LogP contribution in [0.1, 0.15) is 31.7 Å². The third-order valence-electron chi connectivity index (χ3n) is 4.44. The van der Waals surface area contributed by atoms with E-state index < -0.39 is 29.1 Å². The molecule has 3 amide bonds. The average Bonchev–Trinajstić information content (AvgIpc) is 3.06. The maximum atomic E-state index is 14.0. The van der Waals surface area contributed by atoms with Crippen LogP contribution < -0.4 is 5.32 Å². The first kappa shape index (κ1) is 15.9. The van der Waals surface area contributed by atoms with E-state index in [2.05, 4.69) is 5.32 Å². The Hall–Kier alpha value is -2.02. The number of amides is 3. The zero-order chi connectivity index (χ0) is 16.6. The molecule has 3 rings (SSSR count). The lowest BCUT2D eigenvalue weighted by Gasteiger charge is -2.23. The summed E-state index contributed by atoms with van der Waals surface area (Å²) in [6, 6.07) is 2.39. The first-order valence-corrected chi connectivity index (χ1v) is 7.63. The van der Waals surface area contributed by atoms with Crippen LogP contribution in [0.2, 0.25) is 0 Å². The van der Waals surface area contributed by atoms with E-state index in [4.69, 9.17) is 4.74 Å². The quantitative estimate of drug-likeness (QED) is 0.865. The molecule has 0 aromatic heterocycles. The second kappa shape index (κ2) is 5.88. The van der Waals surface area contributed by atoms with E-state index in [1.807, 2.05) is 0 Å². The van der Waals surface area contributed by atoms with Crippen molar-refractivity contribution in [3.8, 4) is 0 Å². The summed E-state index contributed by atoms with van der Waals surface area (Å²) in [6.07, 6.45) is 2.49. The third kappa shape index (κ3) is 2.81. The molecule has 0 saturated carbocycles. The minimum Gasteiger partial charge on any atom is -0.378 e. The second-order valence-corrected chi connectivity index (χ2v) is 6.06. The number of carbonyl (C=O) groups is 2. The predicted octanol–water partition coefficient (Wildman–Crippen LogP) is 2.30. The van der Waals surface area contributed by atoms with Crippen molar-refractivity contribution in [1.29, 1.82) is 0 Å². The number of ether oxygens (including phenoxy) is 1. The summed E-state index contributed by atoms with van der Waals surface area (Å²) in [5.74, 6) is -2.13. The number of hydrogen-bond donors (Lipinski definition) is 1. The topological polar surface area (TPSA) is 58.6 Å². The van der Waals surface area contributed by atoms with Gasteiger partial charge < -0.3 is 10.1 Å². The van der Waals surface area contributed by atoms with Gasteiger partial charge >= 0.3 is 6.03 Å². The average molecular weight is 324 g/mol. The minimum absolute atomic E-state index is 0.0446. The fourth-order valence-corrected chi connectivity index (χ4v) is 3.12. The lowest BCUT2D eigenvalue weighted by atomic mass is 9.91. The first-order valence-electron chi connectivity index (χ1n) is 7.63. The van der Waals surface area contributed by atoms with Gasteiger partial charge in [0.05, 0.1) is 6.10 Å². The van der Waals surface area contributed by atoms with E-state index in [0.717, 1.165) is 23.8 Å². The fraction of sp³-hybridized carbons (Fsp3) is 0.500. The summed E-state index contributed by atoms with van der Waals surface area (Å²) < 4.78 is 32.6. The van der Waals surface area contributed by atoms with Gasteiger partial charge in [0.1, 0.15) is 17.2 Å². The Kier molecular flexibility index (Phi) is 4.06. The van der Waals surface area contributed by atoms with Gasteiger partial charge in [0.2, 0.25) is 0 Å². The molecule has 23 heavy (non-hydrogen) atoms. The van der Waals surface area contributed by atoms with Crippen LogP contribution in [0, 0.1) is 11.6 Å². The smallest absolute Gasteiger partial charge is 0.325 e. The Morgan fingerprint density at radius 3 is 2.83 bits per heavy atom. The Morgan fingerprint density at radius 2 is 2.17 bits per heavy atom. The van der Waals surface area contributed by atoms with Crippen LogP contribution in [0.5, 0.6) is 0 Å². The van der Waals surface area contributed by atoms with Crippen molar-refractivity contribution >= 4 is 11.9 Å². The van der Waals surface area contributed by atoms with Crippen molar-refractivity contribution < 1.29 is 23.1 Å². The summed E-state index contributed by atoms with van der Waals surface area (Å²) in [7, 11) is 0. The molecule has 0 aliphatic carbocycles. The van der Waals surface area contributed by atoms with Gasteiger partial charge in [-0.25, -0.2) is 13.6 Å². The molecular weight excluding hydrogens is 306 g/mol. The first-order chi connectivity index (χ1) is 10.9. The number of nitrogens with zero attached hydrogens (tertiary/aromatic N) is 1. The number of urea groups is 1. The molecule has 0 bridgehead atoms. The molecule has 2 fully saturated rings. The minimum atomic E-state index is -1.52. The van der Waals surface area contributed by atoms with Crippen molar-refractivity contribution in [1.82, 2.24) is 10.2 Å². The van der Waals surface area contributed by atoms with Crippen LogP contribution in [-0.4, -0.2) is 36.1 Å². The van der Waals surface area contributed by atoms with Crippen molar-refractivity contribution in [3.05, 3.63) is 35.4 Å². The molecule has 2 saturated heterocycles. The highest BCUT2D eigenvalue weighted by Crippen LogP contribution is 2.31. The SMILES string of the molecule is C[C@]1(c2ccc(F)cc2F)NC(=O)N(CC[C@H]2CCCO2)C1=O. The van der Waals surface area contributed by atoms with Gasteiger partial charge in [0.15, 0.2) is 0 Å².